The SMILES string of the molecule is CC(=O)N(C)C[C@@H]1COc2ccccc2O1. The molecule has 4 nitrogen and oxygen atoms in total. The normalized spacial score (nSPS) is 18.0. The lowest BCUT2D eigenvalue weighted by molar-refractivity contribution is -0.128. The fourth-order valence-corrected chi connectivity index (χ4v) is 1.59. The summed E-state index contributed by atoms with van der Waals surface area (Å²) in [5.41, 5.74) is 0. The van der Waals surface area contributed by atoms with E-state index < -0.39 is 0 Å². The summed E-state index contributed by atoms with van der Waals surface area (Å²) in [6.45, 7) is 2.57. The van der Waals surface area contributed by atoms with Crippen LogP contribution in [0, 0.1) is 0 Å². The van der Waals surface area contributed by atoms with Crippen molar-refractivity contribution in [3.05, 3.63) is 24.3 Å². The van der Waals surface area contributed by atoms with Crippen LogP contribution in [0.1, 0.15) is 6.92 Å². The first-order valence-electron chi connectivity index (χ1n) is 5.27. The summed E-state index contributed by atoms with van der Waals surface area (Å²) in [6, 6.07) is 7.55. The van der Waals surface area contributed by atoms with E-state index in [-0.39, 0.29) is 12.0 Å². The highest BCUT2D eigenvalue weighted by atomic mass is 16.6. The van der Waals surface area contributed by atoms with E-state index in [1.54, 1.807) is 11.9 Å². The number of carbonyl (C=O) groups is 1. The van der Waals surface area contributed by atoms with Gasteiger partial charge in [-0.15, -0.1) is 0 Å². The third kappa shape index (κ3) is 2.27. The third-order valence-electron chi connectivity index (χ3n) is 2.58. The molecule has 0 fully saturated rings. The maximum atomic E-state index is 11.1. The van der Waals surface area contributed by atoms with Crippen molar-refractivity contribution in [2.75, 3.05) is 20.2 Å². The van der Waals surface area contributed by atoms with Crippen LogP contribution in [0.2, 0.25) is 0 Å². The highest BCUT2D eigenvalue weighted by Crippen LogP contribution is 2.30. The number of nitrogens with zero attached hydrogens (tertiary/aromatic N) is 1. The van der Waals surface area contributed by atoms with Crippen LogP contribution in [0.25, 0.3) is 0 Å². The topological polar surface area (TPSA) is 38.8 Å². The predicted octanol–water partition coefficient (Wildman–Crippen LogP) is 1.30. The van der Waals surface area contributed by atoms with Gasteiger partial charge in [0, 0.05) is 14.0 Å². The Kier molecular flexibility index (Phi) is 2.99. The average Bonchev–Trinajstić information content (AvgIpc) is 2.28. The zero-order valence-corrected chi connectivity index (χ0v) is 9.47. The van der Waals surface area contributed by atoms with E-state index in [1.165, 1.54) is 6.92 Å². The minimum atomic E-state index is -0.0937. The molecule has 2 rings (SSSR count). The van der Waals surface area contributed by atoms with Gasteiger partial charge in [-0.05, 0) is 12.1 Å². The molecule has 0 bridgehead atoms. The largest absolute Gasteiger partial charge is 0.486 e. The van der Waals surface area contributed by atoms with Gasteiger partial charge in [0.1, 0.15) is 6.61 Å². The summed E-state index contributed by atoms with van der Waals surface area (Å²) in [7, 11) is 1.76. The minimum Gasteiger partial charge on any atom is -0.486 e. The third-order valence-corrected chi connectivity index (χ3v) is 2.58. The first-order valence-corrected chi connectivity index (χ1v) is 5.27. The van der Waals surface area contributed by atoms with E-state index in [1.807, 2.05) is 24.3 Å². The number of fused-ring (bicyclic) bond motifs is 1. The van der Waals surface area contributed by atoms with Crippen LogP contribution in [0.3, 0.4) is 0 Å². The van der Waals surface area contributed by atoms with Gasteiger partial charge in [0.2, 0.25) is 5.91 Å². The maximum Gasteiger partial charge on any atom is 0.219 e. The smallest absolute Gasteiger partial charge is 0.219 e. The lowest BCUT2D eigenvalue weighted by atomic mass is 10.2. The van der Waals surface area contributed by atoms with Crippen molar-refractivity contribution in [2.24, 2.45) is 0 Å². The lowest BCUT2D eigenvalue weighted by Gasteiger charge is -2.29. The average molecular weight is 221 g/mol. The first kappa shape index (κ1) is 10.8. The Morgan fingerprint density at radius 3 is 2.81 bits per heavy atom. The van der Waals surface area contributed by atoms with Gasteiger partial charge in [0.15, 0.2) is 17.6 Å². The molecule has 1 aliphatic rings. The van der Waals surface area contributed by atoms with Crippen LogP contribution in [0.4, 0.5) is 0 Å². The number of amides is 1. The van der Waals surface area contributed by atoms with Crippen LogP contribution >= 0.6 is 0 Å². The summed E-state index contributed by atoms with van der Waals surface area (Å²) in [5, 5.41) is 0. The van der Waals surface area contributed by atoms with Crippen molar-refractivity contribution in [2.45, 2.75) is 13.0 Å². The molecule has 1 aromatic rings. The zero-order chi connectivity index (χ0) is 11.5. The molecule has 1 atom stereocenters. The molecular formula is C12H15NO3. The van der Waals surface area contributed by atoms with Crippen molar-refractivity contribution >= 4 is 5.91 Å². The summed E-state index contributed by atoms with van der Waals surface area (Å²) in [5.74, 6) is 1.54. The molecule has 0 saturated carbocycles. The Bertz CT molecular complexity index is 392. The minimum absolute atomic E-state index is 0.0301. The highest BCUT2D eigenvalue weighted by Gasteiger charge is 2.22. The molecule has 4 heteroatoms. The number of ether oxygens (including phenoxy) is 2. The van der Waals surface area contributed by atoms with E-state index in [0.717, 1.165) is 11.5 Å². The van der Waals surface area contributed by atoms with E-state index in [0.29, 0.717) is 13.2 Å². The lowest BCUT2D eigenvalue weighted by Crippen LogP contribution is -2.41. The Hall–Kier alpha value is -1.71. The second kappa shape index (κ2) is 4.43. The monoisotopic (exact) mass is 221 g/mol. The fourth-order valence-electron chi connectivity index (χ4n) is 1.59. The van der Waals surface area contributed by atoms with Gasteiger partial charge < -0.3 is 14.4 Å². The fraction of sp³-hybridized carbons (Fsp3) is 0.417. The number of para-hydroxylation sites is 2. The van der Waals surface area contributed by atoms with E-state index >= 15 is 0 Å². The summed E-state index contributed by atoms with van der Waals surface area (Å²) in [6.07, 6.45) is -0.0937. The molecule has 0 unspecified atom stereocenters. The number of rotatable bonds is 2. The molecule has 0 saturated heterocycles. The van der Waals surface area contributed by atoms with Gasteiger partial charge in [-0.25, -0.2) is 0 Å². The molecule has 1 aromatic carbocycles. The summed E-state index contributed by atoms with van der Waals surface area (Å²) >= 11 is 0. The van der Waals surface area contributed by atoms with E-state index in [4.69, 9.17) is 9.47 Å². The van der Waals surface area contributed by atoms with E-state index in [9.17, 15) is 4.79 Å². The molecule has 16 heavy (non-hydrogen) atoms. The van der Waals surface area contributed by atoms with Crippen molar-refractivity contribution in [3.63, 3.8) is 0 Å². The Morgan fingerprint density at radius 2 is 2.12 bits per heavy atom. The standard InChI is InChI=1S/C12H15NO3/c1-9(14)13(2)7-10-8-15-11-5-3-4-6-12(11)16-10/h3-6,10H,7-8H2,1-2H3/t10-/m1/s1. The molecule has 1 amide bonds. The Morgan fingerprint density at radius 1 is 1.44 bits per heavy atom. The summed E-state index contributed by atoms with van der Waals surface area (Å²) in [4.78, 5) is 12.7. The molecule has 0 aromatic heterocycles. The van der Waals surface area contributed by atoms with Crippen LogP contribution in [-0.4, -0.2) is 37.1 Å². The second-order valence-electron chi connectivity index (χ2n) is 3.90. The molecular weight excluding hydrogens is 206 g/mol. The van der Waals surface area contributed by atoms with Crippen molar-refractivity contribution in [1.82, 2.24) is 4.90 Å². The molecule has 0 radical (unpaired) electrons. The second-order valence-corrected chi connectivity index (χ2v) is 3.90. The molecule has 1 heterocycles. The number of likely N-dealkylation sites (N-methyl/N-ethyl adjacent to an activating group) is 1. The summed E-state index contributed by atoms with van der Waals surface area (Å²) < 4.78 is 11.3. The first-order chi connectivity index (χ1) is 7.66. The number of hydrogen-bond donors (Lipinski definition) is 0. The van der Waals surface area contributed by atoms with Gasteiger partial charge in [-0.2, -0.15) is 0 Å². The van der Waals surface area contributed by atoms with Crippen molar-refractivity contribution < 1.29 is 14.3 Å². The van der Waals surface area contributed by atoms with Gasteiger partial charge in [-0.1, -0.05) is 12.1 Å². The van der Waals surface area contributed by atoms with E-state index in [2.05, 4.69) is 0 Å². The van der Waals surface area contributed by atoms with Crippen LogP contribution in [0.15, 0.2) is 24.3 Å². The van der Waals surface area contributed by atoms with Crippen LogP contribution < -0.4 is 9.47 Å². The predicted molar refractivity (Wildman–Crippen MR) is 59.7 cm³/mol. The Labute approximate surface area is 94.8 Å². The van der Waals surface area contributed by atoms with Gasteiger partial charge >= 0.3 is 0 Å². The molecule has 0 N–H and O–H groups in total. The Balaban J connectivity index is 2.00. The number of hydrogen-bond acceptors (Lipinski definition) is 3. The quantitative estimate of drug-likeness (QED) is 0.755. The number of benzene rings is 1. The van der Waals surface area contributed by atoms with Gasteiger partial charge in [0.25, 0.3) is 0 Å². The van der Waals surface area contributed by atoms with Crippen LogP contribution in [0.5, 0.6) is 11.5 Å². The van der Waals surface area contributed by atoms with Crippen molar-refractivity contribution in [3.8, 4) is 11.5 Å². The highest BCUT2D eigenvalue weighted by molar-refractivity contribution is 5.72. The molecule has 0 aliphatic carbocycles. The number of carbonyl (C=O) groups excluding carboxylic acids is 1. The van der Waals surface area contributed by atoms with Gasteiger partial charge in [-0.3, -0.25) is 4.79 Å². The zero-order valence-electron chi connectivity index (χ0n) is 9.47. The molecule has 1 aliphatic heterocycles. The molecule has 86 valence electrons. The molecule has 0 spiro atoms. The maximum absolute atomic E-state index is 11.1. The van der Waals surface area contributed by atoms with Crippen LogP contribution in [-0.2, 0) is 4.79 Å². The van der Waals surface area contributed by atoms with Crippen molar-refractivity contribution in [1.29, 1.82) is 0 Å². The van der Waals surface area contributed by atoms with Gasteiger partial charge in [0.05, 0.1) is 6.54 Å².